The van der Waals surface area contributed by atoms with Crippen molar-refractivity contribution in [3.05, 3.63) is 23.8 Å². The first kappa shape index (κ1) is 13.4. The van der Waals surface area contributed by atoms with Crippen LogP contribution in [0.4, 0.5) is 0 Å². The Morgan fingerprint density at radius 1 is 0.762 bits per heavy atom. The van der Waals surface area contributed by atoms with Gasteiger partial charge in [0.05, 0.1) is 0 Å². The average molecular weight is 287 g/mol. The van der Waals surface area contributed by atoms with Crippen LogP contribution in [0.1, 0.15) is 69.8 Å². The predicted octanol–water partition coefficient (Wildman–Crippen LogP) is 4.24. The molecule has 0 bridgehead atoms. The Morgan fingerprint density at radius 3 is 2.10 bits per heavy atom. The highest BCUT2D eigenvalue weighted by Crippen LogP contribution is 2.47. The minimum atomic E-state index is -0.381. The summed E-state index contributed by atoms with van der Waals surface area (Å²) in [5, 5.41) is 0. The smallest absolute Gasteiger partial charge is 0.251 e. The highest BCUT2D eigenvalue weighted by Gasteiger charge is 2.43. The van der Waals surface area contributed by atoms with Gasteiger partial charge in [-0.3, -0.25) is 0 Å². The van der Waals surface area contributed by atoms with E-state index < -0.39 is 0 Å². The molecule has 1 aromatic carbocycles. The molecule has 3 aliphatic rings. The van der Waals surface area contributed by atoms with Crippen LogP contribution in [-0.2, 0) is 5.54 Å². The lowest BCUT2D eigenvalue weighted by molar-refractivity contribution is -0.105. The van der Waals surface area contributed by atoms with E-state index in [2.05, 4.69) is 18.2 Å². The lowest BCUT2D eigenvalue weighted by Crippen LogP contribution is -2.40. The van der Waals surface area contributed by atoms with E-state index in [0.717, 1.165) is 37.2 Å². The maximum Gasteiger partial charge on any atom is 0.251 e. The summed E-state index contributed by atoms with van der Waals surface area (Å²) < 4.78 is 12.4. The number of ether oxygens (including phenoxy) is 2. The molecule has 2 saturated carbocycles. The minimum absolute atomic E-state index is 0.168. The van der Waals surface area contributed by atoms with Gasteiger partial charge in [0.15, 0.2) is 11.5 Å². The van der Waals surface area contributed by atoms with E-state index in [1.54, 1.807) is 0 Å². The Balaban J connectivity index is 1.60. The van der Waals surface area contributed by atoms with Crippen molar-refractivity contribution in [2.75, 3.05) is 0 Å². The van der Waals surface area contributed by atoms with Crippen LogP contribution in [0, 0.1) is 0 Å². The van der Waals surface area contributed by atoms with Crippen molar-refractivity contribution < 1.29 is 9.47 Å². The first-order valence-corrected chi connectivity index (χ1v) is 8.51. The highest BCUT2D eigenvalue weighted by molar-refractivity contribution is 5.47. The number of fused-ring (bicyclic) bond motifs is 1. The molecule has 1 heterocycles. The molecule has 0 amide bonds. The van der Waals surface area contributed by atoms with Crippen LogP contribution in [0.15, 0.2) is 18.2 Å². The van der Waals surface area contributed by atoms with Gasteiger partial charge in [-0.2, -0.15) is 0 Å². The van der Waals surface area contributed by atoms with Crippen molar-refractivity contribution in [2.24, 2.45) is 5.73 Å². The quantitative estimate of drug-likeness (QED) is 0.840. The largest absolute Gasteiger partial charge is 0.448 e. The highest BCUT2D eigenvalue weighted by atomic mass is 16.7. The fraction of sp³-hybridized carbons (Fsp3) is 0.667. The van der Waals surface area contributed by atoms with Crippen molar-refractivity contribution in [3.63, 3.8) is 0 Å². The SMILES string of the molecule is NC1(c2ccc3c(c2)OC2(CCCCC2)O3)CCCCC1. The Bertz CT molecular complexity index is 528. The molecule has 0 atom stereocenters. The van der Waals surface area contributed by atoms with Gasteiger partial charge in [0.1, 0.15) is 0 Å². The molecule has 4 rings (SSSR count). The van der Waals surface area contributed by atoms with Gasteiger partial charge < -0.3 is 15.2 Å². The lowest BCUT2D eigenvalue weighted by Gasteiger charge is -2.34. The Labute approximate surface area is 126 Å². The van der Waals surface area contributed by atoms with Gasteiger partial charge in [-0.05, 0) is 43.4 Å². The van der Waals surface area contributed by atoms with Crippen molar-refractivity contribution in [3.8, 4) is 11.5 Å². The number of rotatable bonds is 1. The van der Waals surface area contributed by atoms with E-state index in [-0.39, 0.29) is 11.3 Å². The molecule has 2 aliphatic carbocycles. The monoisotopic (exact) mass is 287 g/mol. The molecule has 2 fully saturated rings. The molecule has 1 spiro atoms. The van der Waals surface area contributed by atoms with Crippen LogP contribution in [0.25, 0.3) is 0 Å². The van der Waals surface area contributed by atoms with E-state index in [9.17, 15) is 0 Å². The Kier molecular flexibility index (Phi) is 3.14. The lowest BCUT2D eigenvalue weighted by atomic mass is 9.77. The summed E-state index contributed by atoms with van der Waals surface area (Å²) in [6.07, 6.45) is 11.6. The van der Waals surface area contributed by atoms with Gasteiger partial charge in [-0.25, -0.2) is 0 Å². The molecule has 0 unspecified atom stereocenters. The summed E-state index contributed by atoms with van der Waals surface area (Å²) in [6.45, 7) is 0. The summed E-state index contributed by atoms with van der Waals surface area (Å²) >= 11 is 0. The maximum absolute atomic E-state index is 6.65. The van der Waals surface area contributed by atoms with Gasteiger partial charge in [-0.15, -0.1) is 0 Å². The number of hydrogen-bond donors (Lipinski definition) is 1. The van der Waals surface area contributed by atoms with Crippen molar-refractivity contribution in [1.29, 1.82) is 0 Å². The Hall–Kier alpha value is -1.22. The van der Waals surface area contributed by atoms with E-state index in [0.29, 0.717) is 0 Å². The van der Waals surface area contributed by atoms with Crippen molar-refractivity contribution in [1.82, 2.24) is 0 Å². The van der Waals surface area contributed by atoms with Crippen molar-refractivity contribution in [2.45, 2.75) is 75.5 Å². The second-order valence-corrected chi connectivity index (χ2v) is 7.05. The van der Waals surface area contributed by atoms with Crippen molar-refractivity contribution >= 4 is 0 Å². The molecular weight excluding hydrogens is 262 g/mol. The van der Waals surface area contributed by atoms with Crippen LogP contribution in [0.3, 0.4) is 0 Å². The van der Waals surface area contributed by atoms with Gasteiger partial charge >= 0.3 is 0 Å². The van der Waals surface area contributed by atoms with Crippen LogP contribution in [0.5, 0.6) is 11.5 Å². The standard InChI is InChI=1S/C18H25NO2/c19-17(9-3-1-4-10-17)14-7-8-15-16(13-14)21-18(20-15)11-5-2-6-12-18/h7-8,13H,1-6,9-12,19H2. The van der Waals surface area contributed by atoms with E-state index in [1.165, 1.54) is 44.1 Å². The molecule has 0 aromatic heterocycles. The van der Waals surface area contributed by atoms with E-state index in [4.69, 9.17) is 15.2 Å². The van der Waals surface area contributed by atoms with Gasteiger partial charge in [0.25, 0.3) is 5.79 Å². The third-order valence-electron chi connectivity index (χ3n) is 5.47. The number of benzene rings is 1. The summed E-state index contributed by atoms with van der Waals surface area (Å²) in [4.78, 5) is 0. The van der Waals surface area contributed by atoms with E-state index in [1.807, 2.05) is 0 Å². The molecule has 1 aliphatic heterocycles. The zero-order valence-corrected chi connectivity index (χ0v) is 12.7. The summed E-state index contributed by atoms with van der Waals surface area (Å²) in [6, 6.07) is 6.36. The van der Waals surface area contributed by atoms with Crippen LogP contribution >= 0.6 is 0 Å². The molecule has 114 valence electrons. The molecule has 21 heavy (non-hydrogen) atoms. The number of hydrogen-bond acceptors (Lipinski definition) is 3. The molecule has 3 heteroatoms. The first-order chi connectivity index (χ1) is 10.2. The second-order valence-electron chi connectivity index (χ2n) is 7.05. The fourth-order valence-corrected chi connectivity index (χ4v) is 4.17. The maximum atomic E-state index is 6.65. The second kappa shape index (κ2) is 4.91. The molecule has 3 nitrogen and oxygen atoms in total. The molecular formula is C18H25NO2. The topological polar surface area (TPSA) is 44.5 Å². The zero-order valence-electron chi connectivity index (χ0n) is 12.7. The van der Waals surface area contributed by atoms with Crippen LogP contribution in [-0.4, -0.2) is 5.79 Å². The summed E-state index contributed by atoms with van der Waals surface area (Å²) in [5.41, 5.74) is 7.70. The zero-order chi connectivity index (χ0) is 14.3. The normalized spacial score (nSPS) is 26.0. The predicted molar refractivity (Wildman–Crippen MR) is 82.5 cm³/mol. The minimum Gasteiger partial charge on any atom is -0.448 e. The van der Waals surface area contributed by atoms with Gasteiger partial charge in [-0.1, -0.05) is 31.7 Å². The van der Waals surface area contributed by atoms with Gasteiger partial charge in [0, 0.05) is 18.4 Å². The third kappa shape index (κ3) is 2.32. The number of nitrogens with two attached hydrogens (primary N) is 1. The summed E-state index contributed by atoms with van der Waals surface area (Å²) in [7, 11) is 0. The first-order valence-electron chi connectivity index (χ1n) is 8.51. The van der Waals surface area contributed by atoms with Crippen LogP contribution in [0.2, 0.25) is 0 Å². The third-order valence-corrected chi connectivity index (χ3v) is 5.47. The fourth-order valence-electron chi connectivity index (χ4n) is 4.17. The molecule has 0 radical (unpaired) electrons. The average Bonchev–Trinajstić information content (AvgIpc) is 2.85. The summed E-state index contributed by atoms with van der Waals surface area (Å²) in [5.74, 6) is 1.43. The molecule has 1 aromatic rings. The molecule has 2 N–H and O–H groups in total. The van der Waals surface area contributed by atoms with Gasteiger partial charge in [0.2, 0.25) is 0 Å². The van der Waals surface area contributed by atoms with Crippen LogP contribution < -0.4 is 15.2 Å². The van der Waals surface area contributed by atoms with E-state index >= 15 is 0 Å². The Morgan fingerprint density at radius 2 is 1.38 bits per heavy atom. The molecule has 0 saturated heterocycles.